The summed E-state index contributed by atoms with van der Waals surface area (Å²) in [6.45, 7) is 6.03. The van der Waals surface area contributed by atoms with Gasteiger partial charge in [-0.05, 0) is 62.2 Å². The number of ether oxygens (including phenoxy) is 3. The van der Waals surface area contributed by atoms with E-state index in [1.54, 1.807) is 0 Å². The molecule has 1 saturated carbocycles. The molecule has 1 amide bonds. The number of rotatable bonds is 6. The topological polar surface area (TPSA) is 48.0 Å². The van der Waals surface area contributed by atoms with Crippen molar-refractivity contribution in [2.45, 2.75) is 57.5 Å². The molecule has 25 heavy (non-hydrogen) atoms. The van der Waals surface area contributed by atoms with Crippen LogP contribution in [0.2, 0.25) is 0 Å². The number of hydrogen-bond donors (Lipinski definition) is 0. The Balaban J connectivity index is 1.15. The summed E-state index contributed by atoms with van der Waals surface area (Å²) in [5.74, 6) is 1.73. The van der Waals surface area contributed by atoms with Crippen LogP contribution < -0.4 is 0 Å². The van der Waals surface area contributed by atoms with E-state index in [0.29, 0.717) is 23.2 Å². The van der Waals surface area contributed by atoms with Crippen LogP contribution in [0.15, 0.2) is 0 Å². The zero-order valence-corrected chi connectivity index (χ0v) is 15.4. The van der Waals surface area contributed by atoms with Gasteiger partial charge in [0.2, 0.25) is 5.91 Å². The molecule has 0 radical (unpaired) electrons. The van der Waals surface area contributed by atoms with Crippen molar-refractivity contribution in [1.82, 2.24) is 4.90 Å². The van der Waals surface area contributed by atoms with E-state index in [4.69, 9.17) is 14.2 Å². The van der Waals surface area contributed by atoms with Gasteiger partial charge in [0.1, 0.15) is 0 Å². The van der Waals surface area contributed by atoms with E-state index in [1.165, 1.54) is 12.8 Å². The van der Waals surface area contributed by atoms with E-state index in [2.05, 4.69) is 4.90 Å². The van der Waals surface area contributed by atoms with Crippen molar-refractivity contribution in [3.05, 3.63) is 0 Å². The third-order valence-corrected chi connectivity index (χ3v) is 6.62. The molecule has 142 valence electrons. The maximum absolute atomic E-state index is 12.3. The van der Waals surface area contributed by atoms with Crippen molar-refractivity contribution in [2.24, 2.45) is 17.3 Å². The van der Waals surface area contributed by atoms with Gasteiger partial charge in [0.15, 0.2) is 0 Å². The molecule has 4 fully saturated rings. The molecule has 4 aliphatic rings. The van der Waals surface area contributed by atoms with E-state index in [0.717, 1.165) is 84.6 Å². The van der Waals surface area contributed by atoms with Gasteiger partial charge in [0, 0.05) is 39.3 Å². The molecule has 0 unspecified atom stereocenters. The number of nitrogens with zero attached hydrogens (tertiary/aromatic N) is 1. The van der Waals surface area contributed by atoms with Crippen molar-refractivity contribution < 1.29 is 19.0 Å². The van der Waals surface area contributed by atoms with Crippen LogP contribution in [-0.2, 0) is 19.0 Å². The Morgan fingerprint density at radius 2 is 1.80 bits per heavy atom. The first kappa shape index (κ1) is 17.7. The highest BCUT2D eigenvalue weighted by Crippen LogP contribution is 2.42. The zero-order valence-electron chi connectivity index (χ0n) is 15.4. The minimum atomic E-state index is 0.244. The summed E-state index contributed by atoms with van der Waals surface area (Å²) in [4.78, 5) is 14.4. The number of carbonyl (C=O) groups is 1. The van der Waals surface area contributed by atoms with Crippen molar-refractivity contribution in [1.29, 1.82) is 0 Å². The molecule has 5 nitrogen and oxygen atoms in total. The first-order valence-electron chi connectivity index (χ1n) is 10.3. The summed E-state index contributed by atoms with van der Waals surface area (Å²) >= 11 is 0. The monoisotopic (exact) mass is 351 g/mol. The lowest BCUT2D eigenvalue weighted by molar-refractivity contribution is -0.133. The van der Waals surface area contributed by atoms with Crippen molar-refractivity contribution in [3.8, 4) is 0 Å². The molecule has 3 heterocycles. The molecular formula is C20H33NO4. The summed E-state index contributed by atoms with van der Waals surface area (Å²) in [5, 5.41) is 0. The SMILES string of the molecule is O=C(CC1CC1)N1CCC2(CC1)CO[C@@H](COCC1CCOCC1)C2. The first-order chi connectivity index (χ1) is 12.2. The van der Waals surface area contributed by atoms with Crippen LogP contribution in [0.4, 0.5) is 0 Å². The van der Waals surface area contributed by atoms with Gasteiger partial charge in [0.05, 0.1) is 19.3 Å². The molecule has 4 rings (SSSR count). The fraction of sp³-hybridized carbons (Fsp3) is 0.950. The minimum absolute atomic E-state index is 0.244. The number of piperidine rings is 1. The van der Waals surface area contributed by atoms with Gasteiger partial charge in [-0.25, -0.2) is 0 Å². The summed E-state index contributed by atoms with van der Waals surface area (Å²) in [6.07, 6.45) is 9.09. The van der Waals surface area contributed by atoms with Gasteiger partial charge in [-0.1, -0.05) is 0 Å². The molecule has 3 saturated heterocycles. The second kappa shape index (κ2) is 7.93. The quantitative estimate of drug-likeness (QED) is 0.738. The highest BCUT2D eigenvalue weighted by molar-refractivity contribution is 5.76. The Bertz CT molecular complexity index is 451. The lowest BCUT2D eigenvalue weighted by Gasteiger charge is -2.38. The van der Waals surface area contributed by atoms with E-state index in [-0.39, 0.29) is 6.10 Å². The van der Waals surface area contributed by atoms with Gasteiger partial charge >= 0.3 is 0 Å². The van der Waals surface area contributed by atoms with Crippen molar-refractivity contribution in [2.75, 3.05) is 46.1 Å². The molecule has 3 aliphatic heterocycles. The van der Waals surface area contributed by atoms with Crippen LogP contribution in [0.25, 0.3) is 0 Å². The normalized spacial score (nSPS) is 30.1. The van der Waals surface area contributed by atoms with Crippen molar-refractivity contribution >= 4 is 5.91 Å². The van der Waals surface area contributed by atoms with E-state index in [1.807, 2.05) is 0 Å². The van der Waals surface area contributed by atoms with Crippen LogP contribution in [0.3, 0.4) is 0 Å². The van der Waals surface area contributed by atoms with E-state index in [9.17, 15) is 4.79 Å². The lowest BCUT2D eigenvalue weighted by atomic mass is 9.76. The third-order valence-electron chi connectivity index (χ3n) is 6.62. The van der Waals surface area contributed by atoms with Gasteiger partial charge in [-0.2, -0.15) is 0 Å². The zero-order chi connectivity index (χ0) is 17.1. The standard InChI is InChI=1S/C20H33NO4/c22-19(11-16-1-2-16)21-7-5-20(6-8-21)12-18(25-15-20)14-24-13-17-3-9-23-10-4-17/h16-18H,1-15H2/t18-/m1/s1. The molecule has 0 N–H and O–H groups in total. The molecule has 5 heteroatoms. The van der Waals surface area contributed by atoms with Crippen LogP contribution in [0.1, 0.15) is 51.4 Å². The number of amides is 1. The molecule has 0 aromatic carbocycles. The Kier molecular flexibility index (Phi) is 5.63. The van der Waals surface area contributed by atoms with Crippen LogP contribution in [-0.4, -0.2) is 63.0 Å². The van der Waals surface area contributed by atoms with Gasteiger partial charge in [0.25, 0.3) is 0 Å². The maximum atomic E-state index is 12.3. The fourth-order valence-corrected chi connectivity index (χ4v) is 4.56. The van der Waals surface area contributed by atoms with E-state index < -0.39 is 0 Å². The largest absolute Gasteiger partial charge is 0.381 e. The first-order valence-corrected chi connectivity index (χ1v) is 10.3. The predicted octanol–water partition coefficient (Wildman–Crippen LogP) is 2.63. The molecule has 0 aromatic rings. The van der Waals surface area contributed by atoms with Crippen molar-refractivity contribution in [3.63, 3.8) is 0 Å². The molecule has 1 atom stereocenters. The van der Waals surface area contributed by atoms with Crippen LogP contribution >= 0.6 is 0 Å². The minimum Gasteiger partial charge on any atom is -0.381 e. The average Bonchev–Trinajstić information content (AvgIpc) is 3.37. The van der Waals surface area contributed by atoms with Gasteiger partial charge in [-0.3, -0.25) is 4.79 Å². The number of likely N-dealkylation sites (tertiary alicyclic amines) is 1. The Hall–Kier alpha value is -0.650. The second-order valence-corrected chi connectivity index (χ2v) is 8.76. The predicted molar refractivity (Wildman–Crippen MR) is 94.3 cm³/mol. The van der Waals surface area contributed by atoms with Gasteiger partial charge in [-0.15, -0.1) is 0 Å². The summed E-state index contributed by atoms with van der Waals surface area (Å²) in [5.41, 5.74) is 0.295. The maximum Gasteiger partial charge on any atom is 0.222 e. The fourth-order valence-electron chi connectivity index (χ4n) is 4.56. The highest BCUT2D eigenvalue weighted by Gasteiger charge is 2.43. The smallest absolute Gasteiger partial charge is 0.222 e. The lowest BCUT2D eigenvalue weighted by Crippen LogP contribution is -2.43. The third kappa shape index (κ3) is 4.75. The van der Waals surface area contributed by atoms with Gasteiger partial charge < -0.3 is 19.1 Å². The number of hydrogen-bond acceptors (Lipinski definition) is 4. The molecule has 1 spiro atoms. The Morgan fingerprint density at radius 3 is 2.52 bits per heavy atom. The molecule has 1 aliphatic carbocycles. The molecule has 0 aromatic heterocycles. The summed E-state index contributed by atoms with van der Waals surface area (Å²) in [6, 6.07) is 0. The van der Waals surface area contributed by atoms with E-state index >= 15 is 0 Å². The molecular weight excluding hydrogens is 318 g/mol. The second-order valence-electron chi connectivity index (χ2n) is 8.76. The average molecular weight is 351 g/mol. The molecule has 0 bridgehead atoms. The summed E-state index contributed by atoms with van der Waals surface area (Å²) in [7, 11) is 0. The summed E-state index contributed by atoms with van der Waals surface area (Å²) < 4.78 is 17.4. The van der Waals surface area contributed by atoms with Crippen LogP contribution in [0, 0.1) is 17.3 Å². The van der Waals surface area contributed by atoms with Crippen LogP contribution in [0.5, 0.6) is 0 Å². The number of carbonyl (C=O) groups excluding carboxylic acids is 1. The highest BCUT2D eigenvalue weighted by atomic mass is 16.5. The Labute approximate surface area is 151 Å². The Morgan fingerprint density at radius 1 is 1.04 bits per heavy atom.